The second-order valence-electron chi connectivity index (χ2n) is 4.35. The largest absolute Gasteiger partial charge is 0.380 e. The molecule has 0 fully saturated rings. The summed E-state index contributed by atoms with van der Waals surface area (Å²) in [4.78, 5) is 2.16. The average molecular weight is 257 g/mol. The van der Waals surface area contributed by atoms with E-state index in [1.54, 1.807) is 18.2 Å². The van der Waals surface area contributed by atoms with E-state index < -0.39 is 10.0 Å². The van der Waals surface area contributed by atoms with Gasteiger partial charge in [-0.25, -0.2) is 13.6 Å². The molecule has 1 unspecified atom stereocenters. The van der Waals surface area contributed by atoms with Gasteiger partial charge in [0.1, 0.15) is 4.90 Å². The van der Waals surface area contributed by atoms with Crippen LogP contribution in [-0.2, 0) is 10.0 Å². The predicted octanol–water partition coefficient (Wildman–Crippen LogP) is 0.696. The van der Waals surface area contributed by atoms with Crippen molar-refractivity contribution < 1.29 is 8.42 Å². The van der Waals surface area contributed by atoms with Gasteiger partial charge in [0.15, 0.2) is 0 Å². The van der Waals surface area contributed by atoms with Crippen molar-refractivity contribution >= 4 is 15.7 Å². The zero-order valence-corrected chi connectivity index (χ0v) is 11.2. The molecule has 96 valence electrons. The van der Waals surface area contributed by atoms with Crippen LogP contribution >= 0.6 is 0 Å². The molecule has 0 saturated carbocycles. The van der Waals surface area contributed by atoms with Crippen LogP contribution in [-0.4, -0.2) is 40.0 Å². The number of nitrogens with two attached hydrogens (primary N) is 1. The first-order valence-corrected chi connectivity index (χ1v) is 6.88. The van der Waals surface area contributed by atoms with E-state index in [1.165, 1.54) is 6.07 Å². The number of benzene rings is 1. The van der Waals surface area contributed by atoms with Crippen molar-refractivity contribution in [2.45, 2.75) is 17.9 Å². The molecule has 0 aliphatic heterocycles. The second kappa shape index (κ2) is 5.48. The Hall–Kier alpha value is -1.11. The number of hydrogen-bond donors (Lipinski definition) is 2. The first kappa shape index (κ1) is 14.0. The molecule has 0 aromatic heterocycles. The molecule has 1 aromatic rings. The molecule has 1 aromatic carbocycles. The highest BCUT2D eigenvalue weighted by molar-refractivity contribution is 7.89. The Morgan fingerprint density at radius 2 is 1.94 bits per heavy atom. The molecular weight excluding hydrogens is 238 g/mol. The fraction of sp³-hybridized carbons (Fsp3) is 0.455. The Morgan fingerprint density at radius 1 is 1.35 bits per heavy atom. The minimum absolute atomic E-state index is 0.130. The molecule has 3 N–H and O–H groups in total. The SMILES string of the molecule is CC(CN(C)C)Nc1ccccc1S(N)(=O)=O. The molecule has 1 rings (SSSR count). The van der Waals surface area contributed by atoms with Gasteiger partial charge in [0, 0.05) is 12.6 Å². The summed E-state index contributed by atoms with van der Waals surface area (Å²) in [7, 11) is 0.240. The molecule has 0 amide bonds. The monoisotopic (exact) mass is 257 g/mol. The summed E-state index contributed by atoms with van der Waals surface area (Å²) in [6.07, 6.45) is 0. The molecular formula is C11H19N3O2S. The van der Waals surface area contributed by atoms with E-state index in [0.29, 0.717) is 5.69 Å². The molecule has 6 heteroatoms. The van der Waals surface area contributed by atoms with Crippen molar-refractivity contribution in [2.24, 2.45) is 5.14 Å². The lowest BCUT2D eigenvalue weighted by molar-refractivity contribution is 0.392. The van der Waals surface area contributed by atoms with Gasteiger partial charge in [-0.15, -0.1) is 0 Å². The number of likely N-dealkylation sites (N-methyl/N-ethyl adjacent to an activating group) is 1. The number of hydrogen-bond acceptors (Lipinski definition) is 4. The van der Waals surface area contributed by atoms with Crippen LogP contribution in [0.2, 0.25) is 0 Å². The minimum Gasteiger partial charge on any atom is -0.380 e. The normalized spacial score (nSPS) is 13.7. The Balaban J connectivity index is 2.92. The van der Waals surface area contributed by atoms with Gasteiger partial charge in [-0.1, -0.05) is 12.1 Å². The van der Waals surface area contributed by atoms with Gasteiger partial charge in [0.25, 0.3) is 0 Å². The minimum atomic E-state index is -3.68. The third kappa shape index (κ3) is 4.33. The zero-order chi connectivity index (χ0) is 13.1. The highest BCUT2D eigenvalue weighted by Gasteiger charge is 2.14. The number of primary sulfonamides is 1. The van der Waals surface area contributed by atoms with Crippen LogP contribution in [0.3, 0.4) is 0 Å². The van der Waals surface area contributed by atoms with Crippen LogP contribution in [0.1, 0.15) is 6.92 Å². The number of rotatable bonds is 5. The topological polar surface area (TPSA) is 75.4 Å². The van der Waals surface area contributed by atoms with E-state index in [-0.39, 0.29) is 10.9 Å². The summed E-state index contributed by atoms with van der Waals surface area (Å²) in [6.45, 7) is 2.79. The Morgan fingerprint density at radius 3 is 2.47 bits per heavy atom. The number of nitrogens with one attached hydrogen (secondary N) is 1. The van der Waals surface area contributed by atoms with Gasteiger partial charge in [-0.2, -0.15) is 0 Å². The molecule has 0 spiro atoms. The Labute approximate surface area is 103 Å². The lowest BCUT2D eigenvalue weighted by atomic mass is 10.2. The summed E-state index contributed by atoms with van der Waals surface area (Å²) >= 11 is 0. The number of sulfonamides is 1. The van der Waals surface area contributed by atoms with Crippen LogP contribution in [0.5, 0.6) is 0 Å². The van der Waals surface area contributed by atoms with Crippen molar-refractivity contribution in [3.8, 4) is 0 Å². The summed E-state index contributed by atoms with van der Waals surface area (Å²) in [5.74, 6) is 0. The fourth-order valence-electron chi connectivity index (χ4n) is 1.69. The van der Waals surface area contributed by atoms with Crippen LogP contribution < -0.4 is 10.5 Å². The third-order valence-electron chi connectivity index (χ3n) is 2.23. The van der Waals surface area contributed by atoms with E-state index >= 15 is 0 Å². The van der Waals surface area contributed by atoms with E-state index in [2.05, 4.69) is 5.32 Å². The van der Waals surface area contributed by atoms with Crippen molar-refractivity contribution in [1.82, 2.24) is 4.90 Å². The molecule has 5 nitrogen and oxygen atoms in total. The Kier molecular flexibility index (Phi) is 4.50. The van der Waals surface area contributed by atoms with Crippen molar-refractivity contribution in [1.29, 1.82) is 0 Å². The number of para-hydroxylation sites is 1. The van der Waals surface area contributed by atoms with Crippen molar-refractivity contribution in [3.05, 3.63) is 24.3 Å². The fourth-order valence-corrected chi connectivity index (χ4v) is 2.39. The molecule has 1 atom stereocenters. The van der Waals surface area contributed by atoms with Crippen molar-refractivity contribution in [2.75, 3.05) is 26.0 Å². The van der Waals surface area contributed by atoms with E-state index in [4.69, 9.17) is 5.14 Å². The summed E-state index contributed by atoms with van der Waals surface area (Å²) < 4.78 is 22.8. The van der Waals surface area contributed by atoms with E-state index in [0.717, 1.165) is 6.54 Å². The van der Waals surface area contributed by atoms with Gasteiger partial charge in [-0.3, -0.25) is 0 Å². The lowest BCUT2D eigenvalue weighted by Gasteiger charge is -2.20. The molecule has 0 saturated heterocycles. The standard InChI is InChI=1S/C11H19N3O2S/c1-9(8-14(2)3)13-10-6-4-5-7-11(10)17(12,15)16/h4-7,9,13H,8H2,1-3H3,(H2,12,15,16). The van der Waals surface area contributed by atoms with Gasteiger partial charge in [-0.05, 0) is 33.2 Å². The van der Waals surface area contributed by atoms with E-state index in [9.17, 15) is 8.42 Å². The lowest BCUT2D eigenvalue weighted by Crippen LogP contribution is -2.30. The molecule has 0 aliphatic rings. The highest BCUT2D eigenvalue weighted by Crippen LogP contribution is 2.19. The van der Waals surface area contributed by atoms with Crippen molar-refractivity contribution in [3.63, 3.8) is 0 Å². The van der Waals surface area contributed by atoms with Crippen LogP contribution in [0.15, 0.2) is 29.2 Å². The smallest absolute Gasteiger partial charge is 0.240 e. The van der Waals surface area contributed by atoms with Gasteiger partial charge in [0.2, 0.25) is 10.0 Å². The second-order valence-corrected chi connectivity index (χ2v) is 5.88. The quantitative estimate of drug-likeness (QED) is 0.814. The van der Waals surface area contributed by atoms with Crippen LogP contribution in [0.4, 0.5) is 5.69 Å². The van der Waals surface area contributed by atoms with Gasteiger partial charge in [0.05, 0.1) is 5.69 Å². The molecule has 0 bridgehead atoms. The maximum absolute atomic E-state index is 11.4. The van der Waals surface area contributed by atoms with Gasteiger partial charge >= 0.3 is 0 Å². The molecule has 17 heavy (non-hydrogen) atoms. The summed E-state index contributed by atoms with van der Waals surface area (Å²) in [5, 5.41) is 8.30. The molecule has 0 radical (unpaired) electrons. The number of anilines is 1. The summed E-state index contributed by atoms with van der Waals surface area (Å²) in [6, 6.07) is 6.78. The maximum Gasteiger partial charge on any atom is 0.240 e. The highest BCUT2D eigenvalue weighted by atomic mass is 32.2. The summed E-state index contributed by atoms with van der Waals surface area (Å²) in [5.41, 5.74) is 0.546. The Bertz CT molecular complexity index is 471. The van der Waals surface area contributed by atoms with Crippen LogP contribution in [0.25, 0.3) is 0 Å². The molecule has 0 aliphatic carbocycles. The third-order valence-corrected chi connectivity index (χ3v) is 3.20. The first-order valence-electron chi connectivity index (χ1n) is 5.34. The van der Waals surface area contributed by atoms with Crippen LogP contribution in [0, 0.1) is 0 Å². The molecule has 0 heterocycles. The maximum atomic E-state index is 11.4. The average Bonchev–Trinajstić information content (AvgIpc) is 2.15. The first-order chi connectivity index (χ1) is 7.80. The zero-order valence-electron chi connectivity index (χ0n) is 10.3. The predicted molar refractivity (Wildman–Crippen MR) is 69.5 cm³/mol. The van der Waals surface area contributed by atoms with E-state index in [1.807, 2.05) is 25.9 Å². The van der Waals surface area contributed by atoms with Gasteiger partial charge < -0.3 is 10.2 Å². The number of nitrogens with zero attached hydrogens (tertiary/aromatic N) is 1.